The molecule has 0 saturated carbocycles. The maximum atomic E-state index is 12.3. The summed E-state index contributed by atoms with van der Waals surface area (Å²) in [6, 6.07) is 0. The number of ether oxygens (including phenoxy) is 1. The van der Waals surface area contributed by atoms with E-state index in [-0.39, 0.29) is 0 Å². The van der Waals surface area contributed by atoms with Crippen molar-refractivity contribution in [2.75, 3.05) is 13.1 Å². The molecule has 1 aliphatic heterocycles. The highest BCUT2D eigenvalue weighted by atomic mass is 32.2. The maximum Gasteiger partial charge on any atom is 0.318 e. The van der Waals surface area contributed by atoms with E-state index in [0.717, 1.165) is 0 Å². The summed E-state index contributed by atoms with van der Waals surface area (Å²) >= 11 is 0. The normalized spacial score (nSPS) is 29.8. The molecule has 138 valence electrons. The van der Waals surface area contributed by atoms with Crippen LogP contribution in [0.25, 0.3) is 0 Å². The van der Waals surface area contributed by atoms with Gasteiger partial charge in [-0.25, -0.2) is 8.42 Å². The predicted octanol–water partition coefficient (Wildman–Crippen LogP) is 2.13. The largest absolute Gasteiger partial charge is 0.747 e. The summed E-state index contributed by atoms with van der Waals surface area (Å²) in [4.78, 5) is 12.3. The van der Waals surface area contributed by atoms with Gasteiger partial charge in [0.25, 0.3) is 0 Å². The maximum absolute atomic E-state index is 12.3. The fraction of sp³-hybridized carbons (Fsp3) is 0.706. The zero-order valence-electron chi connectivity index (χ0n) is 15.1. The lowest BCUT2D eigenvalue weighted by molar-refractivity contribution is -0.164. The molecule has 1 fully saturated rings. The molecular weight excluding hydrogens is 330 g/mol. The van der Waals surface area contributed by atoms with Crippen LogP contribution in [-0.2, 0) is 19.6 Å². The van der Waals surface area contributed by atoms with Crippen LogP contribution in [0.4, 0.5) is 0 Å². The first-order valence-electron chi connectivity index (χ1n) is 8.10. The van der Waals surface area contributed by atoms with Crippen molar-refractivity contribution in [2.45, 2.75) is 57.8 Å². The van der Waals surface area contributed by atoms with Crippen LogP contribution in [0, 0.1) is 5.41 Å². The van der Waals surface area contributed by atoms with Crippen LogP contribution in [0.1, 0.15) is 47.5 Å². The predicted molar refractivity (Wildman–Crippen MR) is 92.4 cm³/mol. The van der Waals surface area contributed by atoms with Crippen molar-refractivity contribution in [3.63, 3.8) is 0 Å². The van der Waals surface area contributed by atoms with Crippen LogP contribution >= 0.6 is 0 Å². The first-order chi connectivity index (χ1) is 10.8. The summed E-state index contributed by atoms with van der Waals surface area (Å²) in [5, 5.41) is 3.22. The highest BCUT2D eigenvalue weighted by Crippen LogP contribution is 2.43. The van der Waals surface area contributed by atoms with Crippen molar-refractivity contribution in [3.05, 3.63) is 24.3 Å². The van der Waals surface area contributed by atoms with Crippen LogP contribution in [0.5, 0.6) is 0 Å². The van der Waals surface area contributed by atoms with Crippen molar-refractivity contribution in [3.8, 4) is 0 Å². The number of carbonyl (C=O) groups is 1. The molecule has 2 atom stereocenters. The molecule has 0 aromatic heterocycles. The molecule has 6 nitrogen and oxygen atoms in total. The highest BCUT2D eigenvalue weighted by Gasteiger charge is 2.54. The second-order valence-corrected chi connectivity index (χ2v) is 9.20. The van der Waals surface area contributed by atoms with Gasteiger partial charge >= 0.3 is 5.97 Å². The number of esters is 1. The van der Waals surface area contributed by atoms with Crippen LogP contribution in [-0.4, -0.2) is 42.4 Å². The molecule has 1 aliphatic carbocycles. The van der Waals surface area contributed by atoms with E-state index in [1.54, 1.807) is 20.8 Å². The summed E-state index contributed by atoms with van der Waals surface area (Å²) < 4.78 is 38.0. The Bertz CT molecular complexity index is 606. The molecule has 1 unspecified atom stereocenters. The fourth-order valence-electron chi connectivity index (χ4n) is 2.45. The second kappa shape index (κ2) is 7.37. The SMILES string of the molecule is C1CCNC1.CC(C)(C)OC(=O)C1(C)C=CC=C[C@]1(C)S(=O)(=O)[O-]. The first kappa shape index (κ1) is 20.9. The third kappa shape index (κ3) is 4.68. The lowest BCUT2D eigenvalue weighted by Crippen LogP contribution is -2.54. The molecule has 1 N–H and O–H groups in total. The van der Waals surface area contributed by atoms with Gasteiger partial charge in [0.2, 0.25) is 0 Å². The number of rotatable bonds is 2. The zero-order chi connectivity index (χ0) is 18.6. The molecule has 0 aromatic rings. The summed E-state index contributed by atoms with van der Waals surface area (Å²) in [5.74, 6) is -0.734. The summed E-state index contributed by atoms with van der Waals surface area (Å²) in [6.45, 7) is 10.2. The van der Waals surface area contributed by atoms with E-state index in [1.807, 2.05) is 0 Å². The monoisotopic (exact) mass is 358 g/mol. The van der Waals surface area contributed by atoms with E-state index in [0.29, 0.717) is 0 Å². The van der Waals surface area contributed by atoms with E-state index >= 15 is 0 Å². The lowest BCUT2D eigenvalue weighted by atomic mass is 9.74. The standard InChI is InChI=1S/C13H20O5S.C4H9N/c1-11(2,3)18-10(14)12(4)8-6-7-9-13(12,5)19(15,16)17;1-2-4-5-3-1/h6-9H,1-5H3,(H,15,16,17);5H,1-4H2/p-1/t12?,13-;/m0./s1. The number of carbonyl (C=O) groups excluding carboxylic acids is 1. The van der Waals surface area contributed by atoms with Gasteiger partial charge in [-0.1, -0.05) is 24.3 Å². The molecule has 24 heavy (non-hydrogen) atoms. The smallest absolute Gasteiger partial charge is 0.318 e. The van der Waals surface area contributed by atoms with Crippen molar-refractivity contribution in [2.24, 2.45) is 5.41 Å². The Morgan fingerprint density at radius 2 is 1.62 bits per heavy atom. The number of allylic oxidation sites excluding steroid dienone is 2. The van der Waals surface area contributed by atoms with Crippen LogP contribution in [0.3, 0.4) is 0 Å². The molecular formula is C17H28NO5S-. The molecule has 1 heterocycles. The first-order valence-corrected chi connectivity index (χ1v) is 9.51. The summed E-state index contributed by atoms with van der Waals surface area (Å²) in [6.07, 6.45) is 8.40. The van der Waals surface area contributed by atoms with Gasteiger partial charge in [0.05, 0.1) is 4.75 Å². The minimum absolute atomic E-state index is 0.734. The summed E-state index contributed by atoms with van der Waals surface area (Å²) in [7, 11) is -4.72. The van der Waals surface area contributed by atoms with Gasteiger partial charge < -0.3 is 14.6 Å². The molecule has 2 rings (SSSR count). The number of hydrogen-bond acceptors (Lipinski definition) is 6. The van der Waals surface area contributed by atoms with Crippen molar-refractivity contribution < 1.29 is 22.5 Å². The minimum Gasteiger partial charge on any atom is -0.747 e. The lowest BCUT2D eigenvalue weighted by Gasteiger charge is -2.44. The van der Waals surface area contributed by atoms with Crippen LogP contribution in [0.2, 0.25) is 0 Å². The van der Waals surface area contributed by atoms with E-state index in [4.69, 9.17) is 4.74 Å². The van der Waals surface area contributed by atoms with Crippen molar-refractivity contribution in [1.82, 2.24) is 5.32 Å². The van der Waals surface area contributed by atoms with E-state index in [2.05, 4.69) is 5.32 Å². The van der Waals surface area contributed by atoms with Gasteiger partial charge in [-0.2, -0.15) is 0 Å². The Balaban J connectivity index is 0.000000488. The van der Waals surface area contributed by atoms with Gasteiger partial charge in [-0.3, -0.25) is 4.79 Å². The molecule has 0 radical (unpaired) electrons. The Morgan fingerprint density at radius 1 is 1.12 bits per heavy atom. The fourth-order valence-corrected chi connectivity index (χ4v) is 3.36. The van der Waals surface area contributed by atoms with E-state index < -0.39 is 31.9 Å². The second-order valence-electron chi connectivity index (χ2n) is 7.44. The topological polar surface area (TPSA) is 95.5 Å². The summed E-state index contributed by atoms with van der Waals surface area (Å²) in [5.41, 5.74) is -2.31. The minimum atomic E-state index is -4.72. The van der Waals surface area contributed by atoms with Gasteiger partial charge in [0, 0.05) is 0 Å². The van der Waals surface area contributed by atoms with E-state index in [1.165, 1.54) is 64.1 Å². The molecule has 0 aromatic carbocycles. The average Bonchev–Trinajstić information content (AvgIpc) is 2.98. The third-order valence-electron chi connectivity index (χ3n) is 4.29. The molecule has 0 spiro atoms. The molecule has 1 saturated heterocycles. The Morgan fingerprint density at radius 3 is 2.00 bits per heavy atom. The van der Waals surface area contributed by atoms with E-state index in [9.17, 15) is 17.8 Å². The molecule has 2 aliphatic rings. The third-order valence-corrected chi connectivity index (χ3v) is 5.88. The quantitative estimate of drug-likeness (QED) is 0.600. The van der Waals surface area contributed by atoms with Crippen molar-refractivity contribution >= 4 is 16.1 Å². The van der Waals surface area contributed by atoms with Crippen LogP contribution in [0.15, 0.2) is 24.3 Å². The van der Waals surface area contributed by atoms with Gasteiger partial charge in [0.1, 0.15) is 21.1 Å². The Hall–Kier alpha value is -1.18. The van der Waals surface area contributed by atoms with Crippen LogP contribution < -0.4 is 5.32 Å². The van der Waals surface area contributed by atoms with Gasteiger partial charge in [-0.15, -0.1) is 0 Å². The molecule has 0 bridgehead atoms. The number of nitrogens with one attached hydrogen (secondary N) is 1. The van der Waals surface area contributed by atoms with Gasteiger partial charge in [0.15, 0.2) is 0 Å². The Kier molecular flexibility index (Phi) is 6.41. The Labute approximate surface area is 145 Å². The molecule has 7 heteroatoms. The highest BCUT2D eigenvalue weighted by molar-refractivity contribution is 7.87. The van der Waals surface area contributed by atoms with Gasteiger partial charge in [-0.05, 0) is 60.5 Å². The number of hydrogen-bond donors (Lipinski definition) is 1. The average molecular weight is 358 g/mol. The van der Waals surface area contributed by atoms with Crippen molar-refractivity contribution in [1.29, 1.82) is 0 Å². The molecule has 0 amide bonds. The zero-order valence-corrected chi connectivity index (χ0v) is 15.9.